The smallest absolute Gasteiger partial charge is 0.229 e. The molecular weight excluding hydrogens is 346 g/mol. The van der Waals surface area contributed by atoms with Gasteiger partial charge in [-0.25, -0.2) is 8.42 Å². The molecule has 0 radical (unpaired) electrons. The van der Waals surface area contributed by atoms with Gasteiger partial charge in [0.15, 0.2) is 0 Å². The molecule has 0 unspecified atom stereocenters. The second kappa shape index (κ2) is 6.85. The van der Waals surface area contributed by atoms with Crippen molar-refractivity contribution >= 4 is 26.6 Å². The predicted octanol–water partition coefficient (Wildman–Crippen LogP) is 4.13. The van der Waals surface area contributed by atoms with Crippen LogP contribution >= 0.6 is 0 Å². The number of nitrogens with zero attached hydrogens (tertiary/aromatic N) is 2. The zero-order valence-electron chi connectivity index (χ0n) is 15.1. The minimum atomic E-state index is -3.32. The van der Waals surface area contributed by atoms with Crippen LogP contribution in [0.5, 0.6) is 0 Å². The summed E-state index contributed by atoms with van der Waals surface area (Å²) in [7, 11) is -3.32. The largest absolute Gasteiger partial charge is 0.344 e. The molecule has 0 aliphatic carbocycles. The Morgan fingerprint density at radius 1 is 1.12 bits per heavy atom. The van der Waals surface area contributed by atoms with E-state index in [1.54, 1.807) is 6.07 Å². The molecule has 134 valence electrons. The van der Waals surface area contributed by atoms with Crippen LogP contribution in [-0.2, 0) is 23.0 Å². The van der Waals surface area contributed by atoms with E-state index < -0.39 is 10.0 Å². The van der Waals surface area contributed by atoms with E-state index in [9.17, 15) is 8.42 Å². The molecular formula is C20H21N3O2S. The Kier molecular flexibility index (Phi) is 4.75. The Balaban J connectivity index is 2.26. The Labute approximate surface area is 153 Å². The van der Waals surface area contributed by atoms with E-state index in [4.69, 9.17) is 5.26 Å². The van der Waals surface area contributed by atoms with E-state index in [0.29, 0.717) is 11.3 Å². The van der Waals surface area contributed by atoms with Gasteiger partial charge in [-0.05, 0) is 43.2 Å². The highest BCUT2D eigenvalue weighted by Gasteiger charge is 2.17. The third-order valence-electron chi connectivity index (χ3n) is 4.43. The predicted molar refractivity (Wildman–Crippen MR) is 106 cm³/mol. The average Bonchev–Trinajstić information content (AvgIpc) is 2.93. The maximum absolute atomic E-state index is 11.6. The van der Waals surface area contributed by atoms with Crippen molar-refractivity contribution < 1.29 is 8.42 Å². The van der Waals surface area contributed by atoms with Gasteiger partial charge in [0, 0.05) is 23.2 Å². The van der Waals surface area contributed by atoms with Crippen molar-refractivity contribution in [2.75, 3.05) is 11.0 Å². The fourth-order valence-corrected chi connectivity index (χ4v) is 4.00. The van der Waals surface area contributed by atoms with E-state index in [-0.39, 0.29) is 0 Å². The second-order valence-electron chi connectivity index (χ2n) is 6.21. The summed E-state index contributed by atoms with van der Waals surface area (Å²) in [5.74, 6) is 0. The lowest BCUT2D eigenvalue weighted by Gasteiger charge is -2.09. The van der Waals surface area contributed by atoms with Gasteiger partial charge < -0.3 is 4.57 Å². The van der Waals surface area contributed by atoms with Gasteiger partial charge in [-0.1, -0.05) is 25.1 Å². The van der Waals surface area contributed by atoms with E-state index in [2.05, 4.69) is 29.2 Å². The minimum Gasteiger partial charge on any atom is -0.344 e. The van der Waals surface area contributed by atoms with Crippen molar-refractivity contribution in [2.24, 2.45) is 0 Å². The van der Waals surface area contributed by atoms with Crippen molar-refractivity contribution in [1.82, 2.24) is 4.57 Å². The molecule has 1 heterocycles. The fraction of sp³-hybridized carbons (Fsp3) is 0.250. The van der Waals surface area contributed by atoms with Crippen LogP contribution in [0, 0.1) is 11.3 Å². The molecule has 3 rings (SSSR count). The van der Waals surface area contributed by atoms with Crippen LogP contribution in [-0.4, -0.2) is 19.2 Å². The lowest BCUT2D eigenvalue weighted by atomic mass is 9.99. The fourth-order valence-electron chi connectivity index (χ4n) is 3.44. The van der Waals surface area contributed by atoms with Gasteiger partial charge in [0.25, 0.3) is 0 Å². The summed E-state index contributed by atoms with van der Waals surface area (Å²) in [6.07, 6.45) is 2.00. The first-order valence-electron chi connectivity index (χ1n) is 8.51. The average molecular weight is 367 g/mol. The summed E-state index contributed by atoms with van der Waals surface area (Å²) in [4.78, 5) is 0. The molecule has 0 aliphatic heterocycles. The molecule has 0 fully saturated rings. The number of nitrogens with one attached hydrogen (secondary N) is 1. The minimum absolute atomic E-state index is 0.557. The SMILES string of the molecule is CCc1c(-c2ccc(C#N)cc2)c2ccc(NS(C)(=O)=O)cc2n1CC. The van der Waals surface area contributed by atoms with E-state index >= 15 is 0 Å². The topological polar surface area (TPSA) is 74.9 Å². The molecule has 1 N–H and O–H groups in total. The summed E-state index contributed by atoms with van der Waals surface area (Å²) >= 11 is 0. The van der Waals surface area contributed by atoms with Gasteiger partial charge in [-0.2, -0.15) is 5.26 Å². The summed E-state index contributed by atoms with van der Waals surface area (Å²) in [5, 5.41) is 10.1. The molecule has 1 aromatic heterocycles. The number of fused-ring (bicyclic) bond motifs is 1. The van der Waals surface area contributed by atoms with Crippen molar-refractivity contribution in [3.8, 4) is 17.2 Å². The normalized spacial score (nSPS) is 11.5. The first-order valence-corrected chi connectivity index (χ1v) is 10.4. The number of rotatable bonds is 5. The number of hydrogen-bond acceptors (Lipinski definition) is 3. The van der Waals surface area contributed by atoms with Crippen LogP contribution in [0.3, 0.4) is 0 Å². The first-order chi connectivity index (χ1) is 12.4. The molecule has 6 heteroatoms. The van der Waals surface area contributed by atoms with Crippen molar-refractivity contribution in [1.29, 1.82) is 5.26 Å². The molecule has 0 saturated carbocycles. The van der Waals surface area contributed by atoms with E-state index in [1.165, 1.54) is 5.69 Å². The molecule has 0 bridgehead atoms. The summed E-state index contributed by atoms with van der Waals surface area (Å²) in [6.45, 7) is 4.99. The number of benzene rings is 2. The van der Waals surface area contributed by atoms with Crippen LogP contribution in [0.2, 0.25) is 0 Å². The third kappa shape index (κ3) is 3.31. The van der Waals surface area contributed by atoms with E-state index in [0.717, 1.165) is 41.3 Å². The summed E-state index contributed by atoms with van der Waals surface area (Å²) in [6, 6.07) is 15.4. The number of hydrogen-bond donors (Lipinski definition) is 1. The highest BCUT2D eigenvalue weighted by molar-refractivity contribution is 7.92. The molecule has 26 heavy (non-hydrogen) atoms. The number of aryl methyl sites for hydroxylation is 1. The molecule has 3 aromatic rings. The van der Waals surface area contributed by atoms with Gasteiger partial charge >= 0.3 is 0 Å². The summed E-state index contributed by atoms with van der Waals surface area (Å²) < 4.78 is 27.9. The van der Waals surface area contributed by atoms with Crippen LogP contribution < -0.4 is 4.72 Å². The molecule has 0 amide bonds. The molecule has 0 saturated heterocycles. The zero-order valence-corrected chi connectivity index (χ0v) is 15.9. The number of nitriles is 1. The molecule has 0 aliphatic rings. The Hall–Kier alpha value is -2.78. The molecule has 0 spiro atoms. The standard InChI is InChI=1S/C20H21N3O2S/c1-4-18-20(15-8-6-14(13-21)7-9-15)17-11-10-16(22-26(3,24)25)12-19(17)23(18)5-2/h6-12,22H,4-5H2,1-3H3. The Bertz CT molecular complexity index is 1100. The lowest BCUT2D eigenvalue weighted by molar-refractivity contribution is 0.607. The van der Waals surface area contributed by atoms with Crippen molar-refractivity contribution in [3.05, 3.63) is 53.7 Å². The Morgan fingerprint density at radius 3 is 2.35 bits per heavy atom. The summed E-state index contributed by atoms with van der Waals surface area (Å²) in [5.41, 5.74) is 5.58. The van der Waals surface area contributed by atoms with Crippen LogP contribution in [0.4, 0.5) is 5.69 Å². The van der Waals surface area contributed by atoms with Gasteiger partial charge in [-0.15, -0.1) is 0 Å². The van der Waals surface area contributed by atoms with Gasteiger partial charge in [0.05, 0.1) is 29.1 Å². The quantitative estimate of drug-likeness (QED) is 0.736. The highest BCUT2D eigenvalue weighted by Crippen LogP contribution is 2.37. The first kappa shape index (κ1) is 18.0. The van der Waals surface area contributed by atoms with Gasteiger partial charge in [-0.3, -0.25) is 4.72 Å². The zero-order chi connectivity index (χ0) is 18.9. The number of anilines is 1. The van der Waals surface area contributed by atoms with Crippen LogP contribution in [0.25, 0.3) is 22.0 Å². The van der Waals surface area contributed by atoms with Crippen molar-refractivity contribution in [3.63, 3.8) is 0 Å². The van der Waals surface area contributed by atoms with Crippen LogP contribution in [0.1, 0.15) is 25.1 Å². The highest BCUT2D eigenvalue weighted by atomic mass is 32.2. The number of sulfonamides is 1. The molecule has 0 atom stereocenters. The monoisotopic (exact) mass is 367 g/mol. The van der Waals surface area contributed by atoms with E-state index in [1.807, 2.05) is 36.4 Å². The van der Waals surface area contributed by atoms with Gasteiger partial charge in [0.1, 0.15) is 0 Å². The maximum atomic E-state index is 11.6. The number of aromatic nitrogens is 1. The molecule has 5 nitrogen and oxygen atoms in total. The molecule has 2 aromatic carbocycles. The second-order valence-corrected chi connectivity index (χ2v) is 7.96. The maximum Gasteiger partial charge on any atom is 0.229 e. The van der Waals surface area contributed by atoms with Crippen LogP contribution in [0.15, 0.2) is 42.5 Å². The van der Waals surface area contributed by atoms with Gasteiger partial charge in [0.2, 0.25) is 10.0 Å². The van der Waals surface area contributed by atoms with Crippen molar-refractivity contribution in [2.45, 2.75) is 26.8 Å². The Morgan fingerprint density at radius 2 is 1.81 bits per heavy atom. The third-order valence-corrected chi connectivity index (χ3v) is 5.04. The lowest BCUT2D eigenvalue weighted by Crippen LogP contribution is -2.09.